The molecular weight excluding hydrogens is 184 g/mol. The Kier molecular flexibility index (Phi) is 5.98. The topological polar surface area (TPSA) is 28.7 Å². The van der Waals surface area contributed by atoms with Gasteiger partial charge in [0.15, 0.2) is 0 Å². The van der Waals surface area contributed by atoms with E-state index in [0.29, 0.717) is 0 Å². The molecule has 1 N–H and O–H groups in total. The van der Waals surface area contributed by atoms with Crippen molar-refractivity contribution in [2.24, 2.45) is 0 Å². The second kappa shape index (κ2) is 7.80. The number of nitrogens with zero attached hydrogens (tertiary/aromatic N) is 1. The first kappa shape index (κ1) is 11.5. The summed E-state index contributed by atoms with van der Waals surface area (Å²) in [7, 11) is 0. The van der Waals surface area contributed by atoms with Crippen LogP contribution in [0.1, 0.15) is 25.3 Å². The van der Waals surface area contributed by atoms with Crippen LogP contribution >= 0.6 is 0 Å². The van der Waals surface area contributed by atoms with E-state index >= 15 is 0 Å². The Morgan fingerprint density at radius 1 is 1.20 bits per heavy atom. The number of benzene rings is 1. The number of aryl methyl sites for hydroxylation is 1. The van der Waals surface area contributed by atoms with Crippen molar-refractivity contribution in [3.05, 3.63) is 54.6 Å². The molecule has 0 aliphatic rings. The number of H-pyrrole nitrogens is 1. The van der Waals surface area contributed by atoms with Gasteiger partial charge in [0.25, 0.3) is 0 Å². The fraction of sp³-hybridized carbons (Fsp3) is 0.308. The van der Waals surface area contributed by atoms with Crippen molar-refractivity contribution in [1.82, 2.24) is 9.97 Å². The molecule has 1 aromatic heterocycles. The van der Waals surface area contributed by atoms with Gasteiger partial charge in [-0.1, -0.05) is 43.7 Å². The Morgan fingerprint density at radius 2 is 2.00 bits per heavy atom. The highest BCUT2D eigenvalue weighted by atomic mass is 14.8. The molecular formula is C13H18N2. The van der Waals surface area contributed by atoms with Gasteiger partial charge in [0.2, 0.25) is 0 Å². The van der Waals surface area contributed by atoms with E-state index in [-0.39, 0.29) is 0 Å². The fourth-order valence-electron chi connectivity index (χ4n) is 1.24. The van der Waals surface area contributed by atoms with E-state index in [1.807, 2.05) is 0 Å². The van der Waals surface area contributed by atoms with Gasteiger partial charge in [-0.2, -0.15) is 0 Å². The quantitative estimate of drug-likeness (QED) is 0.811. The molecule has 2 rings (SSSR count). The number of aromatic nitrogens is 2. The van der Waals surface area contributed by atoms with Crippen molar-refractivity contribution in [3.63, 3.8) is 0 Å². The zero-order valence-electron chi connectivity index (χ0n) is 9.19. The number of aromatic amines is 1. The predicted molar refractivity (Wildman–Crippen MR) is 63.6 cm³/mol. The molecule has 0 aliphatic heterocycles. The summed E-state index contributed by atoms with van der Waals surface area (Å²) in [5.41, 5.74) is 1.46. The van der Waals surface area contributed by atoms with Crippen molar-refractivity contribution in [2.75, 3.05) is 0 Å². The van der Waals surface area contributed by atoms with Crippen molar-refractivity contribution in [2.45, 2.75) is 26.2 Å². The maximum atomic E-state index is 3.67. The number of rotatable bonds is 3. The Labute approximate surface area is 91.4 Å². The van der Waals surface area contributed by atoms with Gasteiger partial charge in [0, 0.05) is 12.4 Å². The largest absolute Gasteiger partial charge is 0.351 e. The molecule has 80 valence electrons. The number of imidazole rings is 1. The van der Waals surface area contributed by atoms with Gasteiger partial charge in [-0.15, -0.1) is 0 Å². The molecule has 0 radical (unpaired) electrons. The molecule has 0 saturated carbocycles. The SMILES string of the molecule is CCCCc1ccccc1.c1c[nH]cn1. The Hall–Kier alpha value is -1.57. The lowest BCUT2D eigenvalue weighted by molar-refractivity contribution is 0.795. The van der Waals surface area contributed by atoms with Crippen LogP contribution in [0.25, 0.3) is 0 Å². The van der Waals surface area contributed by atoms with Crippen molar-refractivity contribution < 1.29 is 0 Å². The number of hydrogen-bond acceptors (Lipinski definition) is 1. The maximum Gasteiger partial charge on any atom is 0.0919 e. The van der Waals surface area contributed by atoms with Gasteiger partial charge >= 0.3 is 0 Å². The van der Waals surface area contributed by atoms with Crippen LogP contribution in [0.2, 0.25) is 0 Å². The number of hydrogen-bond donors (Lipinski definition) is 1. The third-order valence-corrected chi connectivity index (χ3v) is 2.07. The number of unbranched alkanes of at least 4 members (excludes halogenated alkanes) is 1. The van der Waals surface area contributed by atoms with Gasteiger partial charge in [-0.25, -0.2) is 4.98 Å². The first-order chi connectivity index (χ1) is 7.43. The van der Waals surface area contributed by atoms with E-state index < -0.39 is 0 Å². The fourth-order valence-corrected chi connectivity index (χ4v) is 1.24. The first-order valence-corrected chi connectivity index (χ1v) is 5.40. The highest BCUT2D eigenvalue weighted by Gasteiger charge is 1.87. The minimum atomic E-state index is 1.23. The second-order valence-corrected chi connectivity index (χ2v) is 3.35. The van der Waals surface area contributed by atoms with E-state index in [0.717, 1.165) is 0 Å². The summed E-state index contributed by atoms with van der Waals surface area (Å²) >= 11 is 0. The van der Waals surface area contributed by atoms with E-state index in [1.54, 1.807) is 18.7 Å². The van der Waals surface area contributed by atoms with E-state index in [1.165, 1.54) is 24.8 Å². The van der Waals surface area contributed by atoms with Crippen LogP contribution in [0.15, 0.2) is 49.1 Å². The van der Waals surface area contributed by atoms with Gasteiger partial charge in [-0.3, -0.25) is 0 Å². The molecule has 0 unspecified atom stereocenters. The Bertz CT molecular complexity index is 296. The summed E-state index contributed by atoms with van der Waals surface area (Å²) < 4.78 is 0. The minimum Gasteiger partial charge on any atom is -0.351 e. The molecule has 0 bridgehead atoms. The van der Waals surface area contributed by atoms with Gasteiger partial charge < -0.3 is 4.98 Å². The van der Waals surface area contributed by atoms with Gasteiger partial charge in [0.1, 0.15) is 0 Å². The third-order valence-electron chi connectivity index (χ3n) is 2.07. The highest BCUT2D eigenvalue weighted by molar-refractivity contribution is 5.14. The second-order valence-electron chi connectivity index (χ2n) is 3.35. The van der Waals surface area contributed by atoms with Crippen LogP contribution in [-0.2, 0) is 6.42 Å². The molecule has 2 nitrogen and oxygen atoms in total. The minimum absolute atomic E-state index is 1.23. The summed E-state index contributed by atoms with van der Waals surface area (Å²) in [5, 5.41) is 0. The third kappa shape index (κ3) is 5.68. The summed E-state index contributed by atoms with van der Waals surface area (Å²) in [6.07, 6.45) is 8.91. The van der Waals surface area contributed by atoms with Gasteiger partial charge in [-0.05, 0) is 18.4 Å². The number of nitrogens with one attached hydrogen (secondary N) is 1. The molecule has 0 spiro atoms. The molecule has 0 amide bonds. The lowest BCUT2D eigenvalue weighted by atomic mass is 10.1. The average molecular weight is 202 g/mol. The molecule has 1 heterocycles. The summed E-state index contributed by atoms with van der Waals surface area (Å²) in [5.74, 6) is 0. The Balaban J connectivity index is 0.000000187. The lowest BCUT2D eigenvalue weighted by Crippen LogP contribution is -1.81. The molecule has 0 saturated heterocycles. The smallest absolute Gasteiger partial charge is 0.0919 e. The molecule has 1 aromatic carbocycles. The lowest BCUT2D eigenvalue weighted by Gasteiger charge is -1.96. The average Bonchev–Trinajstić information content (AvgIpc) is 2.86. The van der Waals surface area contributed by atoms with Crippen molar-refractivity contribution in [3.8, 4) is 0 Å². The Morgan fingerprint density at radius 3 is 2.47 bits per heavy atom. The zero-order chi connectivity index (χ0) is 10.8. The van der Waals surface area contributed by atoms with E-state index in [2.05, 4.69) is 47.2 Å². The molecule has 0 aliphatic carbocycles. The predicted octanol–water partition coefficient (Wildman–Crippen LogP) is 3.44. The summed E-state index contributed by atoms with van der Waals surface area (Å²) in [6.45, 7) is 2.23. The first-order valence-electron chi connectivity index (χ1n) is 5.40. The monoisotopic (exact) mass is 202 g/mol. The van der Waals surface area contributed by atoms with E-state index in [9.17, 15) is 0 Å². The van der Waals surface area contributed by atoms with Gasteiger partial charge in [0.05, 0.1) is 6.33 Å². The molecule has 2 heteroatoms. The normalized spacial score (nSPS) is 9.13. The van der Waals surface area contributed by atoms with Crippen molar-refractivity contribution in [1.29, 1.82) is 0 Å². The molecule has 2 aromatic rings. The van der Waals surface area contributed by atoms with E-state index in [4.69, 9.17) is 0 Å². The maximum absolute atomic E-state index is 3.67. The van der Waals surface area contributed by atoms with Crippen LogP contribution in [0.4, 0.5) is 0 Å². The summed E-state index contributed by atoms with van der Waals surface area (Å²) in [4.78, 5) is 6.42. The molecule has 0 atom stereocenters. The van der Waals surface area contributed by atoms with Crippen LogP contribution in [0.3, 0.4) is 0 Å². The van der Waals surface area contributed by atoms with Crippen LogP contribution < -0.4 is 0 Å². The summed E-state index contributed by atoms with van der Waals surface area (Å²) in [6, 6.07) is 10.6. The molecule has 15 heavy (non-hydrogen) atoms. The standard InChI is InChI=1S/C10H14.C3H4N2/c1-2-3-7-10-8-5-4-6-9-10;1-2-5-3-4-1/h4-6,8-9H,2-3,7H2,1H3;1-3H,(H,4,5). The highest BCUT2D eigenvalue weighted by Crippen LogP contribution is 2.03. The van der Waals surface area contributed by atoms with Crippen LogP contribution in [-0.4, -0.2) is 9.97 Å². The van der Waals surface area contributed by atoms with Crippen LogP contribution in [0.5, 0.6) is 0 Å². The van der Waals surface area contributed by atoms with Crippen molar-refractivity contribution >= 4 is 0 Å². The zero-order valence-corrected chi connectivity index (χ0v) is 9.19. The van der Waals surface area contributed by atoms with Crippen LogP contribution in [0, 0.1) is 0 Å². The molecule has 0 fully saturated rings.